The zero-order valence-corrected chi connectivity index (χ0v) is 17.6. The number of pyridine rings is 1. The van der Waals surface area contributed by atoms with E-state index in [1.165, 1.54) is 6.26 Å². The van der Waals surface area contributed by atoms with E-state index < -0.39 is 9.84 Å². The molecule has 4 rings (SSSR count). The Morgan fingerprint density at radius 1 is 0.966 bits per heavy atom. The molecule has 10 heteroatoms. The monoisotopic (exact) mass is 418 g/mol. The average molecular weight is 419 g/mol. The summed E-state index contributed by atoms with van der Waals surface area (Å²) in [5.74, 6) is 2.17. The minimum absolute atomic E-state index is 0.273. The van der Waals surface area contributed by atoms with Crippen molar-refractivity contribution in [3.63, 3.8) is 0 Å². The molecule has 2 aromatic rings. The number of aryl methyl sites for hydroxylation is 1. The molecule has 0 aliphatic carbocycles. The molecule has 0 saturated carbocycles. The zero-order chi connectivity index (χ0) is 20.4. The normalized spacial score (nSPS) is 18.2. The van der Waals surface area contributed by atoms with E-state index in [1.807, 2.05) is 17.9 Å². The van der Waals surface area contributed by atoms with Gasteiger partial charge in [0.25, 0.3) is 0 Å². The number of piperazine rings is 1. The van der Waals surface area contributed by atoms with E-state index in [2.05, 4.69) is 19.8 Å². The van der Waals surface area contributed by atoms with Crippen LogP contribution in [0.15, 0.2) is 29.3 Å². The van der Waals surface area contributed by atoms with Gasteiger partial charge in [0.05, 0.1) is 13.2 Å². The van der Waals surface area contributed by atoms with Crippen LogP contribution in [0.4, 0.5) is 17.6 Å². The number of hydrogen-bond donors (Lipinski definition) is 0. The SMILES string of the molecule is Cc1cc(N2CCOCC2)nc(N2CCN(c3ncccc3S(C)(=O)=O)CC2)n1. The van der Waals surface area contributed by atoms with Crippen LogP contribution >= 0.6 is 0 Å². The summed E-state index contributed by atoms with van der Waals surface area (Å²) < 4.78 is 29.6. The van der Waals surface area contributed by atoms with Crippen molar-refractivity contribution < 1.29 is 13.2 Å². The van der Waals surface area contributed by atoms with Crippen LogP contribution in [0.2, 0.25) is 0 Å². The van der Waals surface area contributed by atoms with Gasteiger partial charge in [0, 0.05) is 63.5 Å². The molecule has 2 aliphatic heterocycles. The Hall–Kier alpha value is -2.46. The maximum Gasteiger partial charge on any atom is 0.227 e. The molecule has 0 bridgehead atoms. The van der Waals surface area contributed by atoms with E-state index in [0.29, 0.717) is 45.2 Å². The summed E-state index contributed by atoms with van der Waals surface area (Å²) in [6.45, 7) is 7.78. The highest BCUT2D eigenvalue weighted by molar-refractivity contribution is 7.90. The van der Waals surface area contributed by atoms with Crippen molar-refractivity contribution in [1.82, 2.24) is 15.0 Å². The van der Waals surface area contributed by atoms with E-state index in [0.717, 1.165) is 30.5 Å². The predicted molar refractivity (Wildman–Crippen MR) is 112 cm³/mol. The minimum Gasteiger partial charge on any atom is -0.378 e. The standard InChI is InChI=1S/C19H26N6O3S/c1-15-14-17(23-10-12-28-13-11-23)22-19(21-15)25-8-6-24(7-9-25)18-16(29(2,26)27)4-3-5-20-18/h3-5,14H,6-13H2,1-2H3. The fourth-order valence-electron chi connectivity index (χ4n) is 3.66. The van der Waals surface area contributed by atoms with Crippen LogP contribution in [0, 0.1) is 6.92 Å². The van der Waals surface area contributed by atoms with Gasteiger partial charge in [-0.25, -0.2) is 18.4 Å². The number of hydrogen-bond acceptors (Lipinski definition) is 9. The molecule has 156 valence electrons. The van der Waals surface area contributed by atoms with Gasteiger partial charge < -0.3 is 19.4 Å². The van der Waals surface area contributed by atoms with Gasteiger partial charge in [0.15, 0.2) is 9.84 Å². The first kappa shape index (κ1) is 19.8. The number of sulfone groups is 1. The molecule has 29 heavy (non-hydrogen) atoms. The van der Waals surface area contributed by atoms with Crippen molar-refractivity contribution in [3.8, 4) is 0 Å². The maximum atomic E-state index is 12.1. The Labute approximate surface area is 171 Å². The molecule has 4 heterocycles. The largest absolute Gasteiger partial charge is 0.378 e. The van der Waals surface area contributed by atoms with E-state index in [1.54, 1.807) is 18.3 Å². The summed E-state index contributed by atoms with van der Waals surface area (Å²) in [6.07, 6.45) is 2.85. The van der Waals surface area contributed by atoms with E-state index >= 15 is 0 Å². The molecule has 2 fully saturated rings. The van der Waals surface area contributed by atoms with Gasteiger partial charge in [-0.3, -0.25) is 0 Å². The molecule has 0 atom stereocenters. The number of morpholine rings is 1. The maximum absolute atomic E-state index is 12.1. The number of ether oxygens (including phenoxy) is 1. The van der Waals surface area contributed by atoms with E-state index in [9.17, 15) is 8.42 Å². The second kappa shape index (κ2) is 8.11. The fraction of sp³-hybridized carbons (Fsp3) is 0.526. The van der Waals surface area contributed by atoms with Crippen molar-refractivity contribution in [1.29, 1.82) is 0 Å². The summed E-state index contributed by atoms with van der Waals surface area (Å²) in [5, 5.41) is 0. The number of anilines is 3. The van der Waals surface area contributed by atoms with Crippen LogP contribution in [0.3, 0.4) is 0 Å². The zero-order valence-electron chi connectivity index (χ0n) is 16.8. The van der Waals surface area contributed by atoms with Crippen LogP contribution in [0.5, 0.6) is 0 Å². The summed E-state index contributed by atoms with van der Waals surface area (Å²) in [5.41, 5.74) is 0.933. The number of nitrogens with zero attached hydrogens (tertiary/aromatic N) is 6. The van der Waals surface area contributed by atoms with Gasteiger partial charge in [-0.1, -0.05) is 0 Å². The van der Waals surface area contributed by atoms with Gasteiger partial charge in [-0.15, -0.1) is 0 Å². The number of aromatic nitrogens is 3. The molecule has 0 spiro atoms. The topological polar surface area (TPSA) is 91.8 Å². The lowest BCUT2D eigenvalue weighted by Gasteiger charge is -2.36. The highest BCUT2D eigenvalue weighted by atomic mass is 32.2. The molecular weight excluding hydrogens is 392 g/mol. The smallest absolute Gasteiger partial charge is 0.227 e. The van der Waals surface area contributed by atoms with Crippen molar-refractivity contribution >= 4 is 27.4 Å². The average Bonchev–Trinajstić information content (AvgIpc) is 2.73. The molecule has 2 aliphatic rings. The van der Waals surface area contributed by atoms with Crippen LogP contribution in [0.1, 0.15) is 5.69 Å². The lowest BCUT2D eigenvalue weighted by molar-refractivity contribution is 0.122. The highest BCUT2D eigenvalue weighted by Gasteiger charge is 2.25. The Bertz CT molecular complexity index is 970. The molecule has 0 radical (unpaired) electrons. The molecule has 2 aromatic heterocycles. The predicted octanol–water partition coefficient (Wildman–Crippen LogP) is 0.747. The molecule has 9 nitrogen and oxygen atoms in total. The van der Waals surface area contributed by atoms with Crippen molar-refractivity contribution in [3.05, 3.63) is 30.1 Å². The fourth-order valence-corrected chi connectivity index (χ4v) is 4.50. The van der Waals surface area contributed by atoms with Gasteiger partial charge in [-0.05, 0) is 19.1 Å². The first-order valence-corrected chi connectivity index (χ1v) is 11.6. The molecule has 2 saturated heterocycles. The molecule has 0 aromatic carbocycles. The second-order valence-corrected chi connectivity index (χ2v) is 9.32. The van der Waals surface area contributed by atoms with Crippen LogP contribution < -0.4 is 14.7 Å². The Morgan fingerprint density at radius 3 is 2.34 bits per heavy atom. The van der Waals surface area contributed by atoms with Crippen molar-refractivity contribution in [2.75, 3.05) is 73.4 Å². The molecule has 0 unspecified atom stereocenters. The van der Waals surface area contributed by atoms with Crippen LogP contribution in [-0.4, -0.2) is 82.1 Å². The molecule has 0 amide bonds. The van der Waals surface area contributed by atoms with Crippen LogP contribution in [0.25, 0.3) is 0 Å². The summed E-state index contributed by atoms with van der Waals surface area (Å²) in [4.78, 5) is 20.4. The third-order valence-corrected chi connectivity index (χ3v) is 6.29. The van der Waals surface area contributed by atoms with Crippen molar-refractivity contribution in [2.24, 2.45) is 0 Å². The lowest BCUT2D eigenvalue weighted by Crippen LogP contribution is -2.48. The van der Waals surface area contributed by atoms with E-state index in [-0.39, 0.29) is 4.90 Å². The first-order valence-electron chi connectivity index (χ1n) is 9.75. The Kier molecular flexibility index (Phi) is 5.55. The number of rotatable bonds is 4. The third-order valence-electron chi connectivity index (χ3n) is 5.18. The van der Waals surface area contributed by atoms with Gasteiger partial charge in [0.1, 0.15) is 16.5 Å². The Balaban J connectivity index is 1.50. The summed E-state index contributed by atoms with van der Waals surface area (Å²) in [7, 11) is -3.33. The second-order valence-electron chi connectivity index (χ2n) is 7.34. The van der Waals surface area contributed by atoms with E-state index in [4.69, 9.17) is 9.72 Å². The third kappa shape index (κ3) is 4.43. The minimum atomic E-state index is -3.33. The Morgan fingerprint density at radius 2 is 1.66 bits per heavy atom. The first-order chi connectivity index (χ1) is 13.9. The molecule has 0 N–H and O–H groups in total. The summed E-state index contributed by atoms with van der Waals surface area (Å²) in [6, 6.07) is 5.28. The van der Waals surface area contributed by atoms with Crippen LogP contribution in [-0.2, 0) is 14.6 Å². The highest BCUT2D eigenvalue weighted by Crippen LogP contribution is 2.25. The van der Waals surface area contributed by atoms with Gasteiger partial charge in [-0.2, -0.15) is 4.98 Å². The quantitative estimate of drug-likeness (QED) is 0.713. The molecular formula is C19H26N6O3S. The van der Waals surface area contributed by atoms with Gasteiger partial charge in [0.2, 0.25) is 5.95 Å². The van der Waals surface area contributed by atoms with Crippen molar-refractivity contribution in [2.45, 2.75) is 11.8 Å². The van der Waals surface area contributed by atoms with Gasteiger partial charge >= 0.3 is 0 Å². The lowest BCUT2D eigenvalue weighted by atomic mass is 10.3. The summed E-state index contributed by atoms with van der Waals surface area (Å²) >= 11 is 0.